The fraction of sp³-hybridized carbons (Fsp3) is 0.933. The minimum Gasteiger partial charge on any atom is -0.375 e. The molecule has 0 N–H and O–H groups in total. The first-order valence-corrected chi connectivity index (χ1v) is 10.0. The van der Waals surface area contributed by atoms with Gasteiger partial charge >= 0.3 is 0 Å². The number of piperidine rings is 1. The highest BCUT2D eigenvalue weighted by Crippen LogP contribution is 2.37. The maximum atomic E-state index is 12.0. The number of carbonyl (C=O) groups excluding carboxylic acids is 1. The zero-order chi connectivity index (χ0) is 17.1. The van der Waals surface area contributed by atoms with E-state index in [1.54, 1.807) is 9.21 Å². The Morgan fingerprint density at radius 1 is 1.39 bits per heavy atom. The topological polar surface area (TPSA) is 76.2 Å². The van der Waals surface area contributed by atoms with Crippen molar-refractivity contribution in [2.24, 2.45) is 0 Å². The fourth-order valence-corrected chi connectivity index (χ4v) is 4.93. The summed E-state index contributed by atoms with van der Waals surface area (Å²) in [5.74, 6) is 0.000954. The molecule has 2 heterocycles. The molecule has 0 aromatic rings. The average molecular weight is 348 g/mol. The summed E-state index contributed by atoms with van der Waals surface area (Å²) in [6.07, 6.45) is 4.21. The summed E-state index contributed by atoms with van der Waals surface area (Å²) >= 11 is 0. The van der Waals surface area contributed by atoms with Crippen LogP contribution in [0.15, 0.2) is 0 Å². The van der Waals surface area contributed by atoms with Crippen molar-refractivity contribution < 1.29 is 22.7 Å². The third-order valence-electron chi connectivity index (χ3n) is 4.91. The second-order valence-corrected chi connectivity index (χ2v) is 8.39. The van der Waals surface area contributed by atoms with Gasteiger partial charge in [0.05, 0.1) is 11.9 Å². The number of ether oxygens (including phenoxy) is 2. The van der Waals surface area contributed by atoms with Gasteiger partial charge in [0, 0.05) is 39.4 Å². The molecule has 0 bridgehead atoms. The van der Waals surface area contributed by atoms with Gasteiger partial charge in [0.25, 0.3) is 0 Å². The maximum absolute atomic E-state index is 12.0. The number of hydrogen-bond donors (Lipinski definition) is 0. The van der Waals surface area contributed by atoms with E-state index < -0.39 is 10.0 Å². The van der Waals surface area contributed by atoms with Gasteiger partial charge in [0.2, 0.25) is 15.9 Å². The van der Waals surface area contributed by atoms with Crippen LogP contribution in [0, 0.1) is 0 Å². The third-order valence-corrected chi connectivity index (χ3v) is 6.32. The number of carbonyl (C=O) groups is 1. The molecule has 0 aliphatic carbocycles. The van der Waals surface area contributed by atoms with Gasteiger partial charge in [-0.25, -0.2) is 8.42 Å². The van der Waals surface area contributed by atoms with Crippen LogP contribution >= 0.6 is 0 Å². The summed E-state index contributed by atoms with van der Waals surface area (Å²) in [6.45, 7) is 4.31. The van der Waals surface area contributed by atoms with Gasteiger partial charge in [0.15, 0.2) is 0 Å². The Morgan fingerprint density at radius 2 is 2.04 bits per heavy atom. The van der Waals surface area contributed by atoms with E-state index in [0.29, 0.717) is 32.7 Å². The molecule has 1 spiro atoms. The molecule has 0 saturated carbocycles. The SMILES string of the molecule is CCN(C1CCOC2(CCN(C(=O)COC)CC2)C1)S(C)(=O)=O. The van der Waals surface area contributed by atoms with E-state index in [1.807, 2.05) is 6.92 Å². The molecule has 1 unspecified atom stereocenters. The van der Waals surface area contributed by atoms with Crippen molar-refractivity contribution in [3.63, 3.8) is 0 Å². The molecule has 2 aliphatic rings. The Morgan fingerprint density at radius 3 is 2.57 bits per heavy atom. The minimum absolute atomic E-state index is 0.000954. The summed E-state index contributed by atoms with van der Waals surface area (Å²) < 4.78 is 36.5. The molecule has 2 rings (SSSR count). The molecule has 8 heteroatoms. The lowest BCUT2D eigenvalue weighted by Gasteiger charge is -2.47. The van der Waals surface area contributed by atoms with Gasteiger partial charge in [-0.1, -0.05) is 6.92 Å². The Hall–Kier alpha value is -0.700. The molecular weight excluding hydrogens is 320 g/mol. The van der Waals surface area contributed by atoms with Crippen molar-refractivity contribution in [2.75, 3.05) is 46.2 Å². The molecule has 1 atom stereocenters. The summed E-state index contributed by atoms with van der Waals surface area (Å²) in [6, 6.07) is -0.00928. The molecule has 7 nitrogen and oxygen atoms in total. The molecule has 1 amide bonds. The van der Waals surface area contributed by atoms with Crippen LogP contribution in [0.1, 0.15) is 32.6 Å². The van der Waals surface area contributed by atoms with Crippen LogP contribution in [-0.2, 0) is 24.3 Å². The molecule has 0 radical (unpaired) electrons. The first-order chi connectivity index (χ1) is 10.8. The molecule has 2 saturated heterocycles. The van der Waals surface area contributed by atoms with Crippen LogP contribution in [0.3, 0.4) is 0 Å². The van der Waals surface area contributed by atoms with Gasteiger partial charge < -0.3 is 14.4 Å². The number of nitrogens with zero attached hydrogens (tertiary/aromatic N) is 2. The van der Waals surface area contributed by atoms with Crippen LogP contribution in [0.2, 0.25) is 0 Å². The van der Waals surface area contributed by atoms with Crippen molar-refractivity contribution in [1.29, 1.82) is 0 Å². The van der Waals surface area contributed by atoms with Gasteiger partial charge in [-0.2, -0.15) is 4.31 Å². The normalized spacial score (nSPS) is 25.0. The fourth-order valence-electron chi connectivity index (χ4n) is 3.74. The van der Waals surface area contributed by atoms with E-state index in [2.05, 4.69) is 0 Å². The van der Waals surface area contributed by atoms with Gasteiger partial charge in [-0.3, -0.25) is 4.79 Å². The number of rotatable bonds is 5. The molecule has 2 fully saturated rings. The number of amides is 1. The van der Waals surface area contributed by atoms with Crippen LogP contribution in [0.5, 0.6) is 0 Å². The quantitative estimate of drug-likeness (QED) is 0.721. The second kappa shape index (κ2) is 7.46. The highest BCUT2D eigenvalue weighted by molar-refractivity contribution is 7.88. The first kappa shape index (κ1) is 18.6. The largest absolute Gasteiger partial charge is 0.375 e. The van der Waals surface area contributed by atoms with Crippen LogP contribution < -0.4 is 0 Å². The molecule has 0 aromatic carbocycles. The highest BCUT2D eigenvalue weighted by atomic mass is 32.2. The smallest absolute Gasteiger partial charge is 0.248 e. The molecule has 134 valence electrons. The summed E-state index contributed by atoms with van der Waals surface area (Å²) in [5, 5.41) is 0. The predicted octanol–water partition coefficient (Wildman–Crippen LogP) is 0.455. The number of methoxy groups -OCH3 is 1. The lowest BCUT2D eigenvalue weighted by Crippen LogP contribution is -2.55. The Balaban J connectivity index is 2.00. The van der Waals surface area contributed by atoms with Crippen molar-refractivity contribution in [3.8, 4) is 0 Å². The summed E-state index contributed by atoms with van der Waals surface area (Å²) in [5.41, 5.74) is -0.301. The summed E-state index contributed by atoms with van der Waals surface area (Å²) in [7, 11) is -1.69. The average Bonchev–Trinajstić information content (AvgIpc) is 2.47. The first-order valence-electron chi connectivity index (χ1n) is 8.19. The van der Waals surface area contributed by atoms with Crippen LogP contribution in [0.25, 0.3) is 0 Å². The molecule has 0 aromatic heterocycles. The van der Waals surface area contributed by atoms with Gasteiger partial charge in [0.1, 0.15) is 6.61 Å². The van der Waals surface area contributed by atoms with Crippen LogP contribution in [-0.4, -0.2) is 81.4 Å². The number of hydrogen-bond acceptors (Lipinski definition) is 5. The minimum atomic E-state index is -3.20. The Bertz CT molecular complexity index is 514. The summed E-state index contributed by atoms with van der Waals surface area (Å²) in [4.78, 5) is 13.7. The van der Waals surface area contributed by atoms with Crippen molar-refractivity contribution >= 4 is 15.9 Å². The highest BCUT2D eigenvalue weighted by Gasteiger charge is 2.43. The van der Waals surface area contributed by atoms with E-state index in [1.165, 1.54) is 13.4 Å². The number of likely N-dealkylation sites (tertiary alicyclic amines) is 1. The van der Waals surface area contributed by atoms with E-state index in [0.717, 1.165) is 19.3 Å². The molecular formula is C15H28N2O5S. The predicted molar refractivity (Wildman–Crippen MR) is 86.6 cm³/mol. The Labute approximate surface area is 139 Å². The second-order valence-electron chi connectivity index (χ2n) is 6.46. The Kier molecular flexibility index (Phi) is 6.05. The van der Waals surface area contributed by atoms with Crippen molar-refractivity contribution in [3.05, 3.63) is 0 Å². The molecule has 23 heavy (non-hydrogen) atoms. The van der Waals surface area contributed by atoms with Crippen molar-refractivity contribution in [2.45, 2.75) is 44.2 Å². The van der Waals surface area contributed by atoms with Gasteiger partial charge in [-0.15, -0.1) is 0 Å². The zero-order valence-electron chi connectivity index (χ0n) is 14.3. The molecule has 2 aliphatic heterocycles. The number of sulfonamides is 1. The van der Waals surface area contributed by atoms with E-state index in [-0.39, 0.29) is 24.2 Å². The van der Waals surface area contributed by atoms with E-state index in [9.17, 15) is 13.2 Å². The lowest BCUT2D eigenvalue weighted by atomic mass is 9.82. The van der Waals surface area contributed by atoms with E-state index in [4.69, 9.17) is 9.47 Å². The monoisotopic (exact) mass is 348 g/mol. The standard InChI is InChI=1S/C15H28N2O5S/c1-4-17(23(3,19)20)13-5-10-22-15(11-13)6-8-16(9-7-15)14(18)12-21-2/h13H,4-12H2,1-3H3. The third kappa shape index (κ3) is 4.43. The van der Waals surface area contributed by atoms with E-state index >= 15 is 0 Å². The zero-order valence-corrected chi connectivity index (χ0v) is 15.1. The van der Waals surface area contributed by atoms with Crippen LogP contribution in [0.4, 0.5) is 0 Å². The lowest BCUT2D eigenvalue weighted by molar-refractivity contribution is -0.149. The van der Waals surface area contributed by atoms with Crippen molar-refractivity contribution in [1.82, 2.24) is 9.21 Å². The van der Waals surface area contributed by atoms with Gasteiger partial charge in [-0.05, 0) is 25.7 Å². The maximum Gasteiger partial charge on any atom is 0.248 e.